The molecule has 3 heterocycles. The summed E-state index contributed by atoms with van der Waals surface area (Å²) in [7, 11) is 0. The van der Waals surface area contributed by atoms with Crippen LogP contribution in [0, 0.1) is 0 Å². The van der Waals surface area contributed by atoms with Gasteiger partial charge in [0.2, 0.25) is 17.7 Å². The lowest BCUT2D eigenvalue weighted by Crippen LogP contribution is -2.49. The molecular formula is C39H44N6O6. The minimum Gasteiger partial charge on any atom is -0.444 e. The number of fused-ring (bicyclic) bond motifs is 1. The molecule has 51 heavy (non-hydrogen) atoms. The second-order valence-corrected chi connectivity index (χ2v) is 14.1. The number of nitrogens with one attached hydrogen (secondary N) is 4. The van der Waals surface area contributed by atoms with Gasteiger partial charge in [-0.1, -0.05) is 42.5 Å². The molecule has 2 aliphatic rings. The molecule has 2 fully saturated rings. The van der Waals surface area contributed by atoms with Crippen molar-refractivity contribution in [2.24, 2.45) is 0 Å². The van der Waals surface area contributed by atoms with Gasteiger partial charge in [0, 0.05) is 48.0 Å². The average molecular weight is 693 g/mol. The lowest BCUT2D eigenvalue weighted by atomic mass is 10.0. The number of aromatic amines is 1. The fourth-order valence-corrected chi connectivity index (χ4v) is 6.79. The normalized spacial score (nSPS) is 18.0. The molecule has 0 radical (unpaired) electrons. The van der Waals surface area contributed by atoms with E-state index in [0.717, 1.165) is 28.6 Å². The summed E-state index contributed by atoms with van der Waals surface area (Å²) in [5, 5.41) is 9.56. The molecular weight excluding hydrogens is 648 g/mol. The molecule has 2 aliphatic heterocycles. The first kappa shape index (κ1) is 35.2. The standard InChI is InChI=1S/C39H44N6O6/c1-24(46)44-20-8-12-32(44)35(47)41-29-18-19-30-27(22-29)23-31(42-30)25-14-16-28(17-15-25)40-36(48)33-13-9-21-45(33)37(49)34(26-10-6-5-7-11-26)43-38(50)51-39(2,3)4/h5-7,10-11,14-19,22-23,32-34,42H,8-9,12-13,20-21H2,1-4H3,(H,40,48)(H,41,47)(H,43,50)/t32-,33-,34-/m0/s1. The molecule has 0 saturated carbocycles. The maximum Gasteiger partial charge on any atom is 0.408 e. The number of anilines is 2. The highest BCUT2D eigenvalue weighted by molar-refractivity contribution is 6.00. The summed E-state index contributed by atoms with van der Waals surface area (Å²) in [6, 6.07) is 21.8. The Labute approximate surface area is 296 Å². The SMILES string of the molecule is CC(=O)N1CCC[C@H]1C(=O)Nc1ccc2[nH]c(-c3ccc(NC(=O)[C@@H]4CCCN4C(=O)[C@@H](NC(=O)OC(C)(C)C)c4ccccc4)cc3)cc2c1. The van der Waals surface area contributed by atoms with Gasteiger partial charge in [-0.15, -0.1) is 0 Å². The molecule has 4 N–H and O–H groups in total. The zero-order valence-electron chi connectivity index (χ0n) is 29.3. The molecule has 12 nitrogen and oxygen atoms in total. The first-order valence-electron chi connectivity index (χ1n) is 17.3. The fraction of sp³-hybridized carbons (Fsp3) is 0.359. The predicted octanol–water partition coefficient (Wildman–Crippen LogP) is 5.98. The van der Waals surface area contributed by atoms with E-state index >= 15 is 0 Å². The number of carbonyl (C=O) groups excluding carboxylic acids is 5. The highest BCUT2D eigenvalue weighted by Gasteiger charge is 2.39. The Bertz CT molecular complexity index is 1930. The van der Waals surface area contributed by atoms with Crippen molar-refractivity contribution < 1.29 is 28.7 Å². The third-order valence-electron chi connectivity index (χ3n) is 9.19. The number of H-pyrrole nitrogens is 1. The van der Waals surface area contributed by atoms with Crippen molar-refractivity contribution in [2.75, 3.05) is 23.7 Å². The van der Waals surface area contributed by atoms with E-state index in [-0.39, 0.29) is 23.6 Å². The molecule has 12 heteroatoms. The topological polar surface area (TPSA) is 153 Å². The van der Waals surface area contributed by atoms with E-state index in [1.54, 1.807) is 49.9 Å². The van der Waals surface area contributed by atoms with E-state index in [0.29, 0.717) is 49.3 Å². The van der Waals surface area contributed by atoms with Crippen molar-refractivity contribution in [3.8, 4) is 11.3 Å². The number of nitrogens with zero attached hydrogens (tertiary/aromatic N) is 2. The van der Waals surface area contributed by atoms with E-state index in [1.165, 1.54) is 11.8 Å². The molecule has 4 aromatic rings. The van der Waals surface area contributed by atoms with Gasteiger partial charge in [-0.2, -0.15) is 0 Å². The van der Waals surface area contributed by atoms with Crippen molar-refractivity contribution in [1.29, 1.82) is 0 Å². The number of alkyl carbamates (subject to hydrolysis) is 1. The predicted molar refractivity (Wildman–Crippen MR) is 195 cm³/mol. The molecule has 6 rings (SSSR count). The molecule has 3 atom stereocenters. The summed E-state index contributed by atoms with van der Waals surface area (Å²) in [6.45, 7) is 7.73. The van der Waals surface area contributed by atoms with Crippen LogP contribution in [-0.2, 0) is 23.9 Å². The number of likely N-dealkylation sites (tertiary alicyclic amines) is 2. The number of hydrogen-bond donors (Lipinski definition) is 4. The van der Waals surface area contributed by atoms with Gasteiger partial charge in [-0.05, 0) is 94.0 Å². The summed E-state index contributed by atoms with van der Waals surface area (Å²) >= 11 is 0. The van der Waals surface area contributed by atoms with Gasteiger partial charge in [0.25, 0.3) is 5.91 Å². The van der Waals surface area contributed by atoms with Gasteiger partial charge in [0.15, 0.2) is 0 Å². The Morgan fingerprint density at radius 3 is 2.04 bits per heavy atom. The van der Waals surface area contributed by atoms with Crippen molar-refractivity contribution in [3.05, 3.63) is 84.4 Å². The van der Waals surface area contributed by atoms with Crippen LogP contribution in [0.1, 0.15) is 65.0 Å². The Morgan fingerprint density at radius 2 is 1.39 bits per heavy atom. The van der Waals surface area contributed by atoms with Crippen LogP contribution in [0.4, 0.5) is 16.2 Å². The van der Waals surface area contributed by atoms with E-state index in [9.17, 15) is 24.0 Å². The van der Waals surface area contributed by atoms with Crippen LogP contribution in [-0.4, -0.2) is 75.3 Å². The maximum atomic E-state index is 13.9. The van der Waals surface area contributed by atoms with Crippen molar-refractivity contribution in [2.45, 2.75) is 77.1 Å². The third kappa shape index (κ3) is 8.22. The van der Waals surface area contributed by atoms with E-state index < -0.39 is 29.8 Å². The number of hydrogen-bond acceptors (Lipinski definition) is 6. The molecule has 0 bridgehead atoms. The van der Waals surface area contributed by atoms with Gasteiger partial charge in [0.05, 0.1) is 0 Å². The molecule has 266 valence electrons. The van der Waals surface area contributed by atoms with Crippen LogP contribution in [0.2, 0.25) is 0 Å². The van der Waals surface area contributed by atoms with Crippen LogP contribution in [0.3, 0.4) is 0 Å². The zero-order valence-corrected chi connectivity index (χ0v) is 29.3. The Kier molecular flexibility index (Phi) is 10.1. The molecule has 0 unspecified atom stereocenters. The van der Waals surface area contributed by atoms with Crippen LogP contribution in [0.5, 0.6) is 0 Å². The summed E-state index contributed by atoms with van der Waals surface area (Å²) < 4.78 is 5.43. The van der Waals surface area contributed by atoms with Gasteiger partial charge in [-0.25, -0.2) is 4.79 Å². The highest BCUT2D eigenvalue weighted by Crippen LogP contribution is 2.29. The van der Waals surface area contributed by atoms with Crippen LogP contribution >= 0.6 is 0 Å². The summed E-state index contributed by atoms with van der Waals surface area (Å²) in [5.74, 6) is -0.963. The zero-order chi connectivity index (χ0) is 36.3. The minimum atomic E-state index is -1.01. The van der Waals surface area contributed by atoms with E-state index in [4.69, 9.17) is 4.74 Å². The van der Waals surface area contributed by atoms with Gasteiger partial charge in [0.1, 0.15) is 23.7 Å². The quantitative estimate of drug-likeness (QED) is 0.178. The molecule has 2 saturated heterocycles. The van der Waals surface area contributed by atoms with Crippen molar-refractivity contribution in [1.82, 2.24) is 20.1 Å². The fourth-order valence-electron chi connectivity index (χ4n) is 6.79. The number of aromatic nitrogens is 1. The summed E-state index contributed by atoms with van der Waals surface area (Å²) in [6.07, 6.45) is 1.89. The third-order valence-corrected chi connectivity index (χ3v) is 9.19. The van der Waals surface area contributed by atoms with E-state index in [2.05, 4.69) is 20.9 Å². The lowest BCUT2D eigenvalue weighted by molar-refractivity contribution is -0.138. The number of amides is 5. The van der Waals surface area contributed by atoms with Gasteiger partial charge in [-0.3, -0.25) is 19.2 Å². The smallest absolute Gasteiger partial charge is 0.408 e. The molecule has 0 spiro atoms. The van der Waals surface area contributed by atoms with Gasteiger partial charge >= 0.3 is 6.09 Å². The Hall–Kier alpha value is -5.65. The van der Waals surface area contributed by atoms with Crippen LogP contribution in [0.15, 0.2) is 78.9 Å². The number of ether oxygens (including phenoxy) is 1. The Morgan fingerprint density at radius 1 is 0.784 bits per heavy atom. The Balaban J connectivity index is 1.11. The highest BCUT2D eigenvalue weighted by atomic mass is 16.6. The summed E-state index contributed by atoms with van der Waals surface area (Å²) in [4.78, 5) is 71.6. The van der Waals surface area contributed by atoms with Crippen molar-refractivity contribution in [3.63, 3.8) is 0 Å². The summed E-state index contributed by atoms with van der Waals surface area (Å²) in [5.41, 5.74) is 3.75. The van der Waals surface area contributed by atoms with Gasteiger partial charge < -0.3 is 35.5 Å². The second kappa shape index (κ2) is 14.7. The number of rotatable bonds is 8. The minimum absolute atomic E-state index is 0.0961. The first-order valence-corrected chi connectivity index (χ1v) is 17.3. The average Bonchev–Trinajstić information content (AvgIpc) is 3.87. The number of carbonyl (C=O) groups is 5. The monoisotopic (exact) mass is 692 g/mol. The molecule has 5 amide bonds. The van der Waals surface area contributed by atoms with E-state index in [1.807, 2.05) is 54.6 Å². The largest absolute Gasteiger partial charge is 0.444 e. The molecule has 3 aromatic carbocycles. The van der Waals surface area contributed by atoms with Crippen LogP contribution < -0.4 is 16.0 Å². The lowest BCUT2D eigenvalue weighted by Gasteiger charge is -2.29. The maximum absolute atomic E-state index is 13.9. The molecule has 1 aromatic heterocycles. The second-order valence-electron chi connectivity index (χ2n) is 14.1. The van der Waals surface area contributed by atoms with Crippen molar-refractivity contribution >= 4 is 52.0 Å². The van der Waals surface area contributed by atoms with Crippen LogP contribution in [0.25, 0.3) is 22.2 Å². The number of benzene rings is 3. The first-order chi connectivity index (χ1) is 24.4. The molecule has 0 aliphatic carbocycles.